The van der Waals surface area contributed by atoms with E-state index in [1.165, 1.54) is 24.3 Å². The second-order valence-corrected chi connectivity index (χ2v) is 8.66. The summed E-state index contributed by atoms with van der Waals surface area (Å²) in [5.41, 5.74) is 4.61. The number of benzene rings is 3. The van der Waals surface area contributed by atoms with Gasteiger partial charge in [0.25, 0.3) is 10.4 Å². The van der Waals surface area contributed by atoms with Crippen molar-refractivity contribution in [3.63, 3.8) is 0 Å². The van der Waals surface area contributed by atoms with Gasteiger partial charge in [0.2, 0.25) is 0 Å². The number of carbonyl (C=O) groups excluding carboxylic acids is 2. The third kappa shape index (κ3) is 7.56. The largest absolute Gasteiger partial charge is 1.00 e. The molecule has 0 aliphatic heterocycles. The fourth-order valence-electron chi connectivity index (χ4n) is 4.01. The Morgan fingerprint density at radius 1 is 0.889 bits per heavy atom. The van der Waals surface area contributed by atoms with E-state index in [1.54, 1.807) is 0 Å². The fourth-order valence-corrected chi connectivity index (χ4v) is 4.36. The third-order valence-corrected chi connectivity index (χ3v) is 5.88. The molecule has 0 radical (unpaired) electrons. The van der Waals surface area contributed by atoms with Gasteiger partial charge in [0.1, 0.15) is 12.4 Å². The minimum atomic E-state index is -4.92. The van der Waals surface area contributed by atoms with E-state index in [4.69, 9.17) is 4.74 Å². The number of hydrogen-bond donors (Lipinski definition) is 1. The van der Waals surface area contributed by atoms with Crippen molar-refractivity contribution in [2.75, 3.05) is 6.61 Å². The Balaban J connectivity index is 0.00000228. The smallest absolute Gasteiger partial charge is 0.716 e. The van der Waals surface area contributed by atoms with Crippen molar-refractivity contribution in [1.82, 2.24) is 5.32 Å². The molecule has 9 nitrogen and oxygen atoms in total. The monoisotopic (exact) mass is 527 g/mol. The molecule has 176 valence electrons. The maximum atomic E-state index is 12.4. The molecule has 0 saturated heterocycles. The number of rotatable bonds is 8. The summed E-state index contributed by atoms with van der Waals surface area (Å²) in [5, 5.41) is 13.8. The van der Waals surface area contributed by atoms with Gasteiger partial charge in [0.05, 0.1) is 12.0 Å². The molecule has 1 aliphatic rings. The zero-order valence-corrected chi connectivity index (χ0v) is 24.5. The van der Waals surface area contributed by atoms with Crippen LogP contribution in [0.1, 0.15) is 22.6 Å². The number of nitrogens with one attached hydrogen (secondary N) is 1. The van der Waals surface area contributed by atoms with Gasteiger partial charge in [0, 0.05) is 5.92 Å². The van der Waals surface area contributed by atoms with Gasteiger partial charge in [-0.1, -0.05) is 60.7 Å². The van der Waals surface area contributed by atoms with E-state index >= 15 is 0 Å². The second kappa shape index (κ2) is 13.1. The van der Waals surface area contributed by atoms with Gasteiger partial charge in [-0.3, -0.25) is 0 Å². The summed E-state index contributed by atoms with van der Waals surface area (Å²) in [5.74, 6) is -1.91. The zero-order chi connectivity index (χ0) is 24.3. The molecular weight excluding hydrogens is 508 g/mol. The molecule has 1 aliphatic carbocycles. The van der Waals surface area contributed by atoms with E-state index in [2.05, 4.69) is 9.50 Å². The molecule has 0 saturated carbocycles. The molecule has 1 unspecified atom stereocenters. The van der Waals surface area contributed by atoms with Crippen LogP contribution in [0.15, 0.2) is 72.8 Å². The molecule has 1 N–H and O–H groups in total. The molecular formula is C24H19NNa2O8S. The predicted molar refractivity (Wildman–Crippen MR) is 117 cm³/mol. The van der Waals surface area contributed by atoms with Gasteiger partial charge in [-0.2, -0.15) is 0 Å². The summed E-state index contributed by atoms with van der Waals surface area (Å²) in [6.07, 6.45) is -1.06. The van der Waals surface area contributed by atoms with Crippen LogP contribution in [-0.2, 0) is 26.4 Å². The number of amides is 1. The van der Waals surface area contributed by atoms with Gasteiger partial charge in [-0.15, -0.1) is 0 Å². The third-order valence-electron chi connectivity index (χ3n) is 5.48. The van der Waals surface area contributed by atoms with Crippen LogP contribution in [-0.4, -0.2) is 37.7 Å². The molecule has 4 rings (SSSR count). The molecule has 0 aromatic heterocycles. The Labute approximate surface area is 252 Å². The van der Waals surface area contributed by atoms with Crippen LogP contribution in [0.4, 0.5) is 4.79 Å². The van der Waals surface area contributed by atoms with Crippen molar-refractivity contribution in [2.45, 2.75) is 18.4 Å². The standard InChI is InChI=1S/C24H21NO8S.2Na/c26-23(27)22(13-15-9-11-16(12-10-15)33-34(29,30)31)25-24(28)32-14-21-19-7-3-1-5-17(19)18-6-2-4-8-20(18)21;;/h1-12,21-22H,13-14H2,(H,25,28)(H,26,27)(H,29,30,31);;/q;2*+1/p-2. The van der Waals surface area contributed by atoms with Crippen molar-refractivity contribution in [3.8, 4) is 16.9 Å². The summed E-state index contributed by atoms with van der Waals surface area (Å²) in [6.45, 7) is 0.0231. The van der Waals surface area contributed by atoms with E-state index in [0.717, 1.165) is 22.3 Å². The normalized spacial score (nSPS) is 12.7. The number of fused-ring (bicyclic) bond motifs is 3. The van der Waals surface area contributed by atoms with E-state index in [9.17, 15) is 27.7 Å². The Hall–Kier alpha value is -1.89. The molecule has 1 atom stereocenters. The predicted octanol–water partition coefficient (Wildman–Crippen LogP) is -4.27. The molecule has 3 aromatic carbocycles. The maximum Gasteiger partial charge on any atom is 1.00 e. The minimum Gasteiger partial charge on any atom is -0.716 e. The summed E-state index contributed by atoms with van der Waals surface area (Å²) in [6, 6.07) is 19.4. The average molecular weight is 527 g/mol. The zero-order valence-electron chi connectivity index (χ0n) is 19.7. The van der Waals surface area contributed by atoms with Crippen molar-refractivity contribution in [2.24, 2.45) is 0 Å². The maximum absolute atomic E-state index is 12.4. The number of hydrogen-bond acceptors (Lipinski definition) is 8. The summed E-state index contributed by atoms with van der Waals surface area (Å²) in [4.78, 5) is 23.9. The van der Waals surface area contributed by atoms with E-state index in [1.807, 2.05) is 48.5 Å². The molecule has 36 heavy (non-hydrogen) atoms. The average Bonchev–Trinajstić information content (AvgIpc) is 3.11. The van der Waals surface area contributed by atoms with Crippen LogP contribution in [0.3, 0.4) is 0 Å². The number of alkyl carbamates (subject to hydrolysis) is 1. The summed E-state index contributed by atoms with van der Waals surface area (Å²) in [7, 11) is -4.92. The van der Waals surface area contributed by atoms with Gasteiger partial charge in [0.15, 0.2) is 0 Å². The molecule has 0 spiro atoms. The number of carboxylic acid groups (broad SMARTS) is 1. The van der Waals surface area contributed by atoms with E-state index in [0.29, 0.717) is 5.56 Å². The second-order valence-electron chi connectivity index (χ2n) is 7.68. The Kier molecular flexibility index (Phi) is 11.0. The van der Waals surface area contributed by atoms with Gasteiger partial charge in [-0.05, 0) is 46.4 Å². The van der Waals surface area contributed by atoms with Crippen LogP contribution >= 0.6 is 0 Å². The van der Waals surface area contributed by atoms with Crippen LogP contribution < -0.4 is 73.7 Å². The number of ether oxygens (including phenoxy) is 1. The number of aliphatic carboxylic acids is 1. The van der Waals surface area contributed by atoms with Crippen molar-refractivity contribution in [1.29, 1.82) is 0 Å². The fraction of sp³-hybridized carbons (Fsp3) is 0.167. The Morgan fingerprint density at radius 2 is 1.42 bits per heavy atom. The van der Waals surface area contributed by atoms with Crippen molar-refractivity contribution < 1.29 is 95.7 Å². The topological polar surface area (TPSA) is 145 Å². The van der Waals surface area contributed by atoms with Crippen molar-refractivity contribution in [3.05, 3.63) is 89.5 Å². The first-order chi connectivity index (χ1) is 16.2. The van der Waals surface area contributed by atoms with E-state index in [-0.39, 0.29) is 83.8 Å². The molecule has 3 aromatic rings. The van der Waals surface area contributed by atoms with Crippen LogP contribution in [0.5, 0.6) is 5.75 Å². The Bertz CT molecular complexity index is 1290. The molecule has 0 fully saturated rings. The molecule has 0 bridgehead atoms. The number of carboxylic acids is 1. The first-order valence-corrected chi connectivity index (χ1v) is 11.6. The van der Waals surface area contributed by atoms with Crippen LogP contribution in [0.25, 0.3) is 11.1 Å². The van der Waals surface area contributed by atoms with Gasteiger partial charge in [-0.25, -0.2) is 13.2 Å². The van der Waals surface area contributed by atoms with Crippen LogP contribution in [0.2, 0.25) is 0 Å². The molecule has 1 amide bonds. The minimum absolute atomic E-state index is 0. The quantitative estimate of drug-likeness (QED) is 0.176. The summed E-state index contributed by atoms with van der Waals surface area (Å²) >= 11 is 0. The van der Waals surface area contributed by atoms with Gasteiger partial charge < -0.3 is 28.7 Å². The SMILES string of the molecule is O=C(NC(Cc1ccc(OS(=O)(=O)[O-])cc1)C(=O)[O-])OCC1c2ccccc2-c2ccccc21.[Na+].[Na+]. The summed E-state index contributed by atoms with van der Waals surface area (Å²) < 4.78 is 41.5. The molecule has 12 heteroatoms. The van der Waals surface area contributed by atoms with Gasteiger partial charge >= 0.3 is 65.2 Å². The first kappa shape index (κ1) is 30.3. The first-order valence-electron chi connectivity index (χ1n) is 10.3. The van der Waals surface area contributed by atoms with E-state index < -0.39 is 28.5 Å². The number of carbonyl (C=O) groups is 2. The molecule has 0 heterocycles. The van der Waals surface area contributed by atoms with Crippen molar-refractivity contribution >= 4 is 22.5 Å². The van der Waals surface area contributed by atoms with Crippen LogP contribution in [0, 0.1) is 0 Å². The Morgan fingerprint density at radius 3 is 1.92 bits per heavy atom.